The molecule has 0 spiro atoms. The molecule has 0 aromatic carbocycles. The van der Waals surface area contributed by atoms with Crippen LogP contribution in [0, 0.1) is 11.3 Å². The van der Waals surface area contributed by atoms with Crippen molar-refractivity contribution in [3.05, 3.63) is 24.3 Å². The van der Waals surface area contributed by atoms with Crippen molar-refractivity contribution < 1.29 is 0 Å². The molecule has 0 fully saturated rings. The summed E-state index contributed by atoms with van der Waals surface area (Å²) in [6.45, 7) is 10.7. The van der Waals surface area contributed by atoms with Gasteiger partial charge in [-0.25, -0.2) is 0 Å². The smallest absolute Gasteiger partial charge is 0.0113 e. The number of hydrogen-bond donors (Lipinski definition) is 0. The molecule has 0 saturated carbocycles. The molecule has 0 heteroatoms. The van der Waals surface area contributed by atoms with Gasteiger partial charge in [-0.1, -0.05) is 31.6 Å². The predicted octanol–water partition coefficient (Wildman–Crippen LogP) is 3.55. The third-order valence-corrected chi connectivity index (χ3v) is 3.20. The second kappa shape index (κ2) is 2.84. The maximum absolute atomic E-state index is 3.79. The van der Waals surface area contributed by atoms with Gasteiger partial charge in [0.1, 0.15) is 0 Å². The fourth-order valence-corrected chi connectivity index (χ4v) is 1.79. The summed E-state index contributed by atoms with van der Waals surface area (Å²) in [4.78, 5) is 0. The van der Waals surface area contributed by atoms with Crippen LogP contribution in [0.25, 0.3) is 0 Å². The second-order valence-corrected chi connectivity index (χ2v) is 4.07. The van der Waals surface area contributed by atoms with E-state index in [1.807, 2.05) is 6.08 Å². The van der Waals surface area contributed by atoms with Crippen LogP contribution in [0.4, 0.5) is 0 Å². The minimum absolute atomic E-state index is 0.411. The van der Waals surface area contributed by atoms with Gasteiger partial charge < -0.3 is 0 Å². The van der Waals surface area contributed by atoms with Crippen LogP contribution in [0.15, 0.2) is 24.3 Å². The molecule has 0 aromatic rings. The summed E-state index contributed by atoms with van der Waals surface area (Å²) >= 11 is 0. The molecule has 0 amide bonds. The highest BCUT2D eigenvalue weighted by Gasteiger charge is 2.33. The number of rotatable bonds is 2. The van der Waals surface area contributed by atoms with Crippen molar-refractivity contribution in [1.29, 1.82) is 0 Å². The Hall–Kier alpha value is -0.520. The molecule has 1 rings (SSSR count). The number of hydrogen-bond acceptors (Lipinski definition) is 0. The number of allylic oxidation sites excluding steroid dienone is 3. The van der Waals surface area contributed by atoms with Gasteiger partial charge in [0.05, 0.1) is 0 Å². The van der Waals surface area contributed by atoms with E-state index in [4.69, 9.17) is 0 Å². The fraction of sp³-hybridized carbons (Fsp3) is 0.636. The van der Waals surface area contributed by atoms with Crippen LogP contribution in [0.3, 0.4) is 0 Å². The van der Waals surface area contributed by atoms with Gasteiger partial charge >= 0.3 is 0 Å². The molecule has 1 aliphatic rings. The topological polar surface area (TPSA) is 0 Å². The predicted molar refractivity (Wildman–Crippen MR) is 50.5 cm³/mol. The molecule has 1 aliphatic carbocycles. The molecule has 0 N–H and O–H groups in total. The first-order valence-corrected chi connectivity index (χ1v) is 4.37. The minimum atomic E-state index is 0.411. The van der Waals surface area contributed by atoms with Gasteiger partial charge in [0.15, 0.2) is 0 Å². The summed E-state index contributed by atoms with van der Waals surface area (Å²) in [6, 6.07) is 0. The van der Waals surface area contributed by atoms with Crippen LogP contribution in [-0.2, 0) is 0 Å². The fourth-order valence-electron chi connectivity index (χ4n) is 1.79. The summed E-state index contributed by atoms with van der Waals surface area (Å²) in [5.41, 5.74) is 1.96. The van der Waals surface area contributed by atoms with Gasteiger partial charge in [-0.05, 0) is 31.1 Å². The molecule has 0 saturated heterocycles. The van der Waals surface area contributed by atoms with E-state index in [1.54, 1.807) is 5.57 Å². The van der Waals surface area contributed by atoms with Crippen LogP contribution in [0.2, 0.25) is 0 Å². The van der Waals surface area contributed by atoms with E-state index in [-0.39, 0.29) is 0 Å². The summed E-state index contributed by atoms with van der Waals surface area (Å²) in [5.74, 6) is 0.792. The molecule has 0 aliphatic heterocycles. The Balaban J connectivity index is 2.69. The van der Waals surface area contributed by atoms with Gasteiger partial charge in [0, 0.05) is 0 Å². The van der Waals surface area contributed by atoms with Crippen LogP contribution in [0.5, 0.6) is 0 Å². The SMILES string of the molecule is C=CCC1CC=C(C)C1(C)C. The van der Waals surface area contributed by atoms with Gasteiger partial charge in [-0.3, -0.25) is 0 Å². The van der Waals surface area contributed by atoms with Crippen molar-refractivity contribution in [2.45, 2.75) is 33.6 Å². The minimum Gasteiger partial charge on any atom is -0.103 e. The van der Waals surface area contributed by atoms with Gasteiger partial charge in [0.25, 0.3) is 0 Å². The molecule has 0 aromatic heterocycles. The maximum Gasteiger partial charge on any atom is -0.0113 e. The van der Waals surface area contributed by atoms with E-state index in [0.717, 1.165) is 12.3 Å². The second-order valence-electron chi connectivity index (χ2n) is 4.07. The van der Waals surface area contributed by atoms with E-state index in [1.165, 1.54) is 6.42 Å². The molecule has 0 bridgehead atoms. The first-order chi connectivity index (χ1) is 5.09. The molecule has 62 valence electrons. The summed E-state index contributed by atoms with van der Waals surface area (Å²) < 4.78 is 0. The zero-order valence-electron chi connectivity index (χ0n) is 7.85. The highest BCUT2D eigenvalue weighted by atomic mass is 14.4. The molecule has 0 radical (unpaired) electrons. The molecule has 1 unspecified atom stereocenters. The average Bonchev–Trinajstić information content (AvgIpc) is 2.16. The standard InChI is InChI=1S/C11H18/c1-5-6-10-8-7-9(2)11(10,3)4/h5,7,10H,1,6,8H2,2-4H3. The monoisotopic (exact) mass is 150 g/mol. The quantitative estimate of drug-likeness (QED) is 0.528. The lowest BCUT2D eigenvalue weighted by Crippen LogP contribution is -2.19. The Morgan fingerprint density at radius 1 is 1.73 bits per heavy atom. The Kier molecular flexibility index (Phi) is 2.22. The average molecular weight is 150 g/mol. The van der Waals surface area contributed by atoms with Crippen molar-refractivity contribution in [2.75, 3.05) is 0 Å². The van der Waals surface area contributed by atoms with Crippen LogP contribution in [0.1, 0.15) is 33.6 Å². The molecule has 11 heavy (non-hydrogen) atoms. The van der Waals surface area contributed by atoms with Gasteiger partial charge in [-0.2, -0.15) is 0 Å². The summed E-state index contributed by atoms with van der Waals surface area (Å²) in [6.07, 6.45) is 6.80. The van der Waals surface area contributed by atoms with Crippen molar-refractivity contribution in [1.82, 2.24) is 0 Å². The first-order valence-electron chi connectivity index (χ1n) is 4.37. The van der Waals surface area contributed by atoms with E-state index >= 15 is 0 Å². The van der Waals surface area contributed by atoms with Crippen molar-refractivity contribution >= 4 is 0 Å². The van der Waals surface area contributed by atoms with E-state index in [2.05, 4.69) is 33.4 Å². The van der Waals surface area contributed by atoms with Crippen LogP contribution >= 0.6 is 0 Å². The Morgan fingerprint density at radius 2 is 2.36 bits per heavy atom. The van der Waals surface area contributed by atoms with Crippen molar-refractivity contribution in [2.24, 2.45) is 11.3 Å². The lowest BCUT2D eigenvalue weighted by atomic mass is 9.76. The first kappa shape index (κ1) is 8.58. The zero-order chi connectivity index (χ0) is 8.48. The highest BCUT2D eigenvalue weighted by Crippen LogP contribution is 2.44. The lowest BCUT2D eigenvalue weighted by Gasteiger charge is -2.28. The Labute approximate surface area is 70.0 Å². The Morgan fingerprint density at radius 3 is 2.73 bits per heavy atom. The normalized spacial score (nSPS) is 28.3. The molecule has 0 heterocycles. The molecular weight excluding hydrogens is 132 g/mol. The third kappa shape index (κ3) is 1.40. The zero-order valence-corrected chi connectivity index (χ0v) is 7.85. The maximum atomic E-state index is 3.79. The van der Waals surface area contributed by atoms with Crippen molar-refractivity contribution in [3.8, 4) is 0 Å². The van der Waals surface area contributed by atoms with Crippen LogP contribution < -0.4 is 0 Å². The van der Waals surface area contributed by atoms with E-state index in [9.17, 15) is 0 Å². The summed E-state index contributed by atoms with van der Waals surface area (Å²) in [5, 5.41) is 0. The van der Waals surface area contributed by atoms with Gasteiger partial charge in [-0.15, -0.1) is 6.58 Å². The summed E-state index contributed by atoms with van der Waals surface area (Å²) in [7, 11) is 0. The van der Waals surface area contributed by atoms with Gasteiger partial charge in [0.2, 0.25) is 0 Å². The largest absolute Gasteiger partial charge is 0.103 e. The lowest BCUT2D eigenvalue weighted by molar-refractivity contribution is 0.295. The molecule has 1 atom stereocenters. The Bertz CT molecular complexity index is 184. The van der Waals surface area contributed by atoms with E-state index < -0.39 is 0 Å². The molecular formula is C11H18. The molecule has 0 nitrogen and oxygen atoms in total. The van der Waals surface area contributed by atoms with Crippen LogP contribution in [-0.4, -0.2) is 0 Å². The van der Waals surface area contributed by atoms with Crippen molar-refractivity contribution in [3.63, 3.8) is 0 Å². The van der Waals surface area contributed by atoms with E-state index in [0.29, 0.717) is 5.41 Å². The third-order valence-electron chi connectivity index (χ3n) is 3.20. The highest BCUT2D eigenvalue weighted by molar-refractivity contribution is 5.18.